The maximum atomic E-state index is 12.5. The van der Waals surface area contributed by atoms with Gasteiger partial charge in [0.1, 0.15) is 0 Å². The minimum atomic E-state index is -0.000926. The van der Waals surface area contributed by atoms with E-state index < -0.39 is 0 Å². The minimum absolute atomic E-state index is 0.000926. The Morgan fingerprint density at radius 1 is 1.30 bits per heavy atom. The van der Waals surface area contributed by atoms with E-state index in [4.69, 9.17) is 0 Å². The smallest absolute Gasteiger partial charge is 0.253 e. The lowest BCUT2D eigenvalue weighted by Gasteiger charge is -2.24. The first-order valence-corrected chi connectivity index (χ1v) is 7.81. The molecule has 0 aliphatic heterocycles. The van der Waals surface area contributed by atoms with Gasteiger partial charge in [0.05, 0.1) is 11.6 Å². The minimum Gasteiger partial charge on any atom is -0.387 e. The monoisotopic (exact) mass is 286 g/mol. The summed E-state index contributed by atoms with van der Waals surface area (Å²) in [5.74, 6) is -0.000926. The van der Waals surface area contributed by atoms with E-state index in [0.29, 0.717) is 5.56 Å². The largest absolute Gasteiger partial charge is 0.387 e. The van der Waals surface area contributed by atoms with Crippen LogP contribution in [0.4, 0.5) is 5.69 Å². The lowest BCUT2D eigenvalue weighted by Crippen LogP contribution is -2.30. The molecule has 1 aromatic carbocycles. The van der Waals surface area contributed by atoms with Crippen LogP contribution in [-0.4, -0.2) is 13.0 Å². The van der Waals surface area contributed by atoms with E-state index in [0.717, 1.165) is 24.9 Å². The maximum absolute atomic E-state index is 12.5. The molecule has 3 rings (SSSR count). The fourth-order valence-corrected chi connectivity index (χ4v) is 3.76. The number of anilines is 1. The fourth-order valence-electron chi connectivity index (χ4n) is 2.77. The van der Waals surface area contributed by atoms with Crippen LogP contribution in [0.2, 0.25) is 0 Å². The molecule has 1 atom stereocenters. The average Bonchev–Trinajstić information content (AvgIpc) is 2.96. The summed E-state index contributed by atoms with van der Waals surface area (Å²) in [6, 6.07) is 9.91. The number of fused-ring (bicyclic) bond motifs is 1. The first-order valence-electron chi connectivity index (χ1n) is 6.93. The third-order valence-corrected chi connectivity index (χ3v) is 4.79. The average molecular weight is 286 g/mol. The molecule has 1 aromatic heterocycles. The third kappa shape index (κ3) is 2.43. The van der Waals surface area contributed by atoms with Crippen LogP contribution in [0, 0.1) is 0 Å². The summed E-state index contributed by atoms with van der Waals surface area (Å²) in [5.41, 5.74) is 2.88. The Morgan fingerprint density at radius 3 is 3.00 bits per heavy atom. The first-order chi connectivity index (χ1) is 9.79. The molecule has 0 fully saturated rings. The van der Waals surface area contributed by atoms with Crippen molar-refractivity contribution >= 4 is 22.9 Å². The van der Waals surface area contributed by atoms with Gasteiger partial charge in [0.15, 0.2) is 0 Å². The SMILES string of the molecule is CNc1ccccc1C(=O)NC1CCCc2sccc21. The van der Waals surface area contributed by atoms with E-state index in [1.165, 1.54) is 10.4 Å². The van der Waals surface area contributed by atoms with Crippen molar-refractivity contribution < 1.29 is 4.79 Å². The standard InChI is InChI=1S/C16H18N2OS/c1-17-13-6-3-2-5-12(13)16(19)18-14-7-4-8-15-11(14)9-10-20-15/h2-3,5-6,9-10,14,17H,4,7-8H2,1H3,(H,18,19). The van der Waals surface area contributed by atoms with Crippen LogP contribution >= 0.6 is 11.3 Å². The highest BCUT2D eigenvalue weighted by atomic mass is 32.1. The number of carbonyl (C=O) groups excluding carboxylic acids is 1. The number of aryl methyl sites for hydroxylation is 1. The molecule has 0 spiro atoms. The van der Waals surface area contributed by atoms with Gasteiger partial charge in [-0.05, 0) is 48.4 Å². The predicted molar refractivity (Wildman–Crippen MR) is 83.5 cm³/mol. The van der Waals surface area contributed by atoms with Gasteiger partial charge in [0, 0.05) is 17.6 Å². The van der Waals surface area contributed by atoms with Crippen LogP contribution in [0.25, 0.3) is 0 Å². The molecular weight excluding hydrogens is 268 g/mol. The van der Waals surface area contributed by atoms with Crippen molar-refractivity contribution in [1.82, 2.24) is 5.32 Å². The summed E-state index contributed by atoms with van der Waals surface area (Å²) in [6.07, 6.45) is 3.32. The van der Waals surface area contributed by atoms with Gasteiger partial charge in [-0.1, -0.05) is 12.1 Å². The van der Waals surface area contributed by atoms with Gasteiger partial charge in [-0.2, -0.15) is 0 Å². The van der Waals surface area contributed by atoms with E-state index in [1.54, 1.807) is 11.3 Å². The Balaban J connectivity index is 1.81. The molecule has 104 valence electrons. The van der Waals surface area contributed by atoms with Crippen molar-refractivity contribution in [2.45, 2.75) is 25.3 Å². The fraction of sp³-hybridized carbons (Fsp3) is 0.312. The van der Waals surface area contributed by atoms with Crippen LogP contribution < -0.4 is 10.6 Å². The molecule has 2 N–H and O–H groups in total. The molecule has 1 amide bonds. The van der Waals surface area contributed by atoms with Gasteiger partial charge in [-0.25, -0.2) is 0 Å². The van der Waals surface area contributed by atoms with Crippen molar-refractivity contribution in [3.63, 3.8) is 0 Å². The molecule has 1 heterocycles. The normalized spacial score (nSPS) is 17.4. The van der Waals surface area contributed by atoms with Gasteiger partial charge >= 0.3 is 0 Å². The summed E-state index contributed by atoms with van der Waals surface area (Å²) in [5, 5.41) is 8.37. The zero-order chi connectivity index (χ0) is 13.9. The Morgan fingerprint density at radius 2 is 2.15 bits per heavy atom. The first kappa shape index (κ1) is 13.2. The van der Waals surface area contributed by atoms with Crippen molar-refractivity contribution in [3.8, 4) is 0 Å². The summed E-state index contributed by atoms with van der Waals surface area (Å²) >= 11 is 1.80. The lowest BCUT2D eigenvalue weighted by atomic mass is 9.94. The number of thiophene rings is 1. The van der Waals surface area contributed by atoms with E-state index in [9.17, 15) is 4.79 Å². The molecule has 0 bridgehead atoms. The van der Waals surface area contributed by atoms with Crippen molar-refractivity contribution in [2.24, 2.45) is 0 Å². The molecule has 2 aromatic rings. The maximum Gasteiger partial charge on any atom is 0.253 e. The number of carbonyl (C=O) groups is 1. The molecule has 1 aliphatic carbocycles. The summed E-state index contributed by atoms with van der Waals surface area (Å²) in [6.45, 7) is 0. The number of hydrogen-bond acceptors (Lipinski definition) is 3. The molecule has 4 heteroatoms. The lowest BCUT2D eigenvalue weighted by molar-refractivity contribution is 0.0934. The van der Waals surface area contributed by atoms with Gasteiger partial charge in [0.25, 0.3) is 5.91 Å². The molecule has 0 saturated carbocycles. The molecular formula is C16H18N2OS. The van der Waals surface area contributed by atoms with E-state index in [-0.39, 0.29) is 11.9 Å². The molecule has 20 heavy (non-hydrogen) atoms. The summed E-state index contributed by atoms with van der Waals surface area (Å²) in [7, 11) is 1.84. The predicted octanol–water partition coefficient (Wildman–Crippen LogP) is 3.60. The van der Waals surface area contributed by atoms with Crippen LogP contribution in [0.1, 0.15) is 39.7 Å². The Hall–Kier alpha value is -1.81. The van der Waals surface area contributed by atoms with Gasteiger partial charge in [-0.3, -0.25) is 4.79 Å². The number of hydrogen-bond donors (Lipinski definition) is 2. The van der Waals surface area contributed by atoms with Crippen molar-refractivity contribution in [2.75, 3.05) is 12.4 Å². The van der Waals surface area contributed by atoms with Gasteiger partial charge in [-0.15, -0.1) is 11.3 Å². The van der Waals surface area contributed by atoms with Crippen LogP contribution in [-0.2, 0) is 6.42 Å². The van der Waals surface area contributed by atoms with Crippen LogP contribution in [0.5, 0.6) is 0 Å². The van der Waals surface area contributed by atoms with Crippen molar-refractivity contribution in [1.29, 1.82) is 0 Å². The second kappa shape index (κ2) is 5.67. The summed E-state index contributed by atoms with van der Waals surface area (Å²) < 4.78 is 0. The molecule has 1 unspecified atom stereocenters. The Bertz CT molecular complexity index is 620. The number of amides is 1. The van der Waals surface area contributed by atoms with E-state index in [2.05, 4.69) is 22.1 Å². The number of benzene rings is 1. The highest BCUT2D eigenvalue weighted by Crippen LogP contribution is 2.33. The van der Waals surface area contributed by atoms with E-state index in [1.807, 2.05) is 31.3 Å². The highest BCUT2D eigenvalue weighted by molar-refractivity contribution is 7.10. The molecule has 0 saturated heterocycles. The number of para-hydroxylation sites is 1. The zero-order valence-corrected chi connectivity index (χ0v) is 12.3. The van der Waals surface area contributed by atoms with Crippen molar-refractivity contribution in [3.05, 3.63) is 51.7 Å². The van der Waals surface area contributed by atoms with Crippen LogP contribution in [0.15, 0.2) is 35.7 Å². The quantitative estimate of drug-likeness (QED) is 0.905. The number of rotatable bonds is 3. The Labute approximate surface area is 123 Å². The molecule has 1 aliphatic rings. The van der Waals surface area contributed by atoms with Gasteiger partial charge < -0.3 is 10.6 Å². The zero-order valence-electron chi connectivity index (χ0n) is 11.5. The number of nitrogens with one attached hydrogen (secondary N) is 2. The molecule has 3 nitrogen and oxygen atoms in total. The third-order valence-electron chi connectivity index (χ3n) is 3.80. The highest BCUT2D eigenvalue weighted by Gasteiger charge is 2.23. The van der Waals surface area contributed by atoms with Crippen LogP contribution in [0.3, 0.4) is 0 Å². The van der Waals surface area contributed by atoms with E-state index >= 15 is 0 Å². The second-order valence-electron chi connectivity index (χ2n) is 5.01. The second-order valence-corrected chi connectivity index (χ2v) is 6.01. The van der Waals surface area contributed by atoms with Gasteiger partial charge in [0.2, 0.25) is 0 Å². The summed E-state index contributed by atoms with van der Waals surface area (Å²) in [4.78, 5) is 13.9. The molecule has 0 radical (unpaired) electrons. The topological polar surface area (TPSA) is 41.1 Å². The Kier molecular flexibility index (Phi) is 3.74.